The van der Waals surface area contributed by atoms with Gasteiger partial charge in [0.15, 0.2) is 0 Å². The molecule has 1 aliphatic heterocycles. The molecule has 0 fully saturated rings. The van der Waals surface area contributed by atoms with Crippen LogP contribution < -0.4 is 10.2 Å². The third-order valence-electron chi connectivity index (χ3n) is 4.32. The molecule has 5 nitrogen and oxygen atoms in total. The molecule has 5 heteroatoms. The maximum absolute atomic E-state index is 13.0. The predicted octanol–water partition coefficient (Wildman–Crippen LogP) is 2.43. The van der Waals surface area contributed by atoms with E-state index in [9.17, 15) is 9.59 Å². The third-order valence-corrected chi connectivity index (χ3v) is 4.32. The van der Waals surface area contributed by atoms with Crippen LogP contribution >= 0.6 is 0 Å². The van der Waals surface area contributed by atoms with Gasteiger partial charge in [-0.25, -0.2) is 0 Å². The van der Waals surface area contributed by atoms with Crippen LogP contribution in [0.1, 0.15) is 29.8 Å². The van der Waals surface area contributed by atoms with Gasteiger partial charge in [0.2, 0.25) is 5.91 Å². The number of hydrogen-bond acceptors (Lipinski definition) is 3. The molecule has 0 saturated carbocycles. The van der Waals surface area contributed by atoms with Crippen molar-refractivity contribution in [2.75, 3.05) is 11.4 Å². The molecule has 0 saturated heterocycles. The van der Waals surface area contributed by atoms with Crippen LogP contribution in [0.25, 0.3) is 0 Å². The summed E-state index contributed by atoms with van der Waals surface area (Å²) in [5.74, 6) is -0.315. The highest BCUT2D eigenvalue weighted by Crippen LogP contribution is 2.28. The molecule has 1 aliphatic rings. The summed E-state index contributed by atoms with van der Waals surface area (Å²) in [4.78, 5) is 31.1. The monoisotopic (exact) mass is 323 g/mol. The number of hydrogen-bond donors (Lipinski definition) is 1. The summed E-state index contributed by atoms with van der Waals surface area (Å²) in [6.45, 7) is 4.54. The predicted molar refractivity (Wildman–Crippen MR) is 92.8 cm³/mol. The van der Waals surface area contributed by atoms with E-state index in [1.807, 2.05) is 38.1 Å². The van der Waals surface area contributed by atoms with Gasteiger partial charge in [-0.15, -0.1) is 0 Å². The molecule has 0 radical (unpaired) electrons. The van der Waals surface area contributed by atoms with E-state index in [0.29, 0.717) is 12.1 Å². The SMILES string of the molecule is CC(C)[C@@H](NC(=O)c1ccncc1)C(=O)N1CCc2ccccc21. The summed E-state index contributed by atoms with van der Waals surface area (Å²) in [7, 11) is 0. The number of rotatable bonds is 4. The fourth-order valence-electron chi connectivity index (χ4n) is 2.98. The number of amides is 2. The summed E-state index contributed by atoms with van der Waals surface area (Å²) in [5, 5.41) is 2.88. The molecule has 1 aromatic heterocycles. The van der Waals surface area contributed by atoms with Crippen LogP contribution in [0.2, 0.25) is 0 Å². The van der Waals surface area contributed by atoms with Crippen molar-refractivity contribution < 1.29 is 9.59 Å². The molecule has 3 rings (SSSR count). The molecule has 1 aromatic carbocycles. The Kier molecular flexibility index (Phi) is 4.60. The van der Waals surface area contributed by atoms with Crippen molar-refractivity contribution in [2.24, 2.45) is 5.92 Å². The second-order valence-electron chi connectivity index (χ2n) is 6.30. The minimum Gasteiger partial charge on any atom is -0.340 e. The number of nitrogens with zero attached hydrogens (tertiary/aromatic N) is 2. The standard InChI is InChI=1S/C19H21N3O2/c1-13(2)17(21-18(23)15-7-10-20-11-8-15)19(24)22-12-9-14-5-3-4-6-16(14)22/h3-8,10-11,13,17H,9,12H2,1-2H3,(H,21,23)/t17-/m1/s1. The summed E-state index contributed by atoms with van der Waals surface area (Å²) in [5.41, 5.74) is 2.63. The second-order valence-corrected chi connectivity index (χ2v) is 6.30. The Labute approximate surface area is 141 Å². The van der Waals surface area contributed by atoms with Gasteiger partial charge in [0, 0.05) is 30.2 Å². The molecule has 124 valence electrons. The average Bonchev–Trinajstić information content (AvgIpc) is 3.03. The maximum Gasteiger partial charge on any atom is 0.252 e. The number of carbonyl (C=O) groups excluding carboxylic acids is 2. The van der Waals surface area contributed by atoms with E-state index >= 15 is 0 Å². The molecule has 0 aliphatic carbocycles. The average molecular weight is 323 g/mol. The van der Waals surface area contributed by atoms with E-state index in [1.165, 1.54) is 5.56 Å². The van der Waals surface area contributed by atoms with Gasteiger partial charge >= 0.3 is 0 Å². The number of para-hydroxylation sites is 1. The minimum absolute atomic E-state index is 0.00366. The van der Waals surface area contributed by atoms with Crippen LogP contribution in [-0.4, -0.2) is 29.4 Å². The molecule has 0 bridgehead atoms. The number of anilines is 1. The molecular formula is C19H21N3O2. The Morgan fingerprint density at radius 1 is 1.12 bits per heavy atom. The van der Waals surface area contributed by atoms with Gasteiger partial charge in [0.25, 0.3) is 5.91 Å². The zero-order valence-electron chi connectivity index (χ0n) is 13.9. The first-order chi connectivity index (χ1) is 11.6. The summed E-state index contributed by atoms with van der Waals surface area (Å²) < 4.78 is 0. The van der Waals surface area contributed by atoms with E-state index in [-0.39, 0.29) is 17.7 Å². The molecule has 2 aromatic rings. The smallest absolute Gasteiger partial charge is 0.252 e. The van der Waals surface area contributed by atoms with E-state index in [2.05, 4.69) is 10.3 Å². The van der Waals surface area contributed by atoms with Gasteiger partial charge in [-0.2, -0.15) is 0 Å². The fraction of sp³-hybridized carbons (Fsp3) is 0.316. The van der Waals surface area contributed by atoms with Crippen LogP contribution in [0.5, 0.6) is 0 Å². The molecule has 1 N–H and O–H groups in total. The van der Waals surface area contributed by atoms with Crippen molar-refractivity contribution in [2.45, 2.75) is 26.3 Å². The molecule has 1 atom stereocenters. The number of pyridine rings is 1. The Hall–Kier alpha value is -2.69. The van der Waals surface area contributed by atoms with Crippen LogP contribution in [0.4, 0.5) is 5.69 Å². The zero-order chi connectivity index (χ0) is 17.1. The van der Waals surface area contributed by atoms with E-state index < -0.39 is 6.04 Å². The molecule has 2 heterocycles. The zero-order valence-corrected chi connectivity index (χ0v) is 13.9. The van der Waals surface area contributed by atoms with Gasteiger partial charge in [-0.05, 0) is 36.1 Å². The van der Waals surface area contributed by atoms with Crippen molar-refractivity contribution in [3.05, 3.63) is 59.9 Å². The lowest BCUT2D eigenvalue weighted by Gasteiger charge is -2.27. The van der Waals surface area contributed by atoms with Crippen molar-refractivity contribution in [3.8, 4) is 0 Å². The molecule has 0 spiro atoms. The third kappa shape index (κ3) is 3.15. The van der Waals surface area contributed by atoms with Crippen molar-refractivity contribution in [1.82, 2.24) is 10.3 Å². The summed E-state index contributed by atoms with van der Waals surface area (Å²) in [6, 6.07) is 10.6. The van der Waals surface area contributed by atoms with Crippen LogP contribution in [0.15, 0.2) is 48.8 Å². The highest BCUT2D eigenvalue weighted by molar-refractivity contribution is 6.03. The van der Waals surface area contributed by atoms with E-state index in [0.717, 1.165) is 12.1 Å². The first-order valence-corrected chi connectivity index (χ1v) is 8.18. The van der Waals surface area contributed by atoms with Gasteiger partial charge < -0.3 is 10.2 Å². The normalized spacial score (nSPS) is 14.4. The second kappa shape index (κ2) is 6.83. The number of nitrogens with one attached hydrogen (secondary N) is 1. The Balaban J connectivity index is 1.79. The van der Waals surface area contributed by atoms with Crippen molar-refractivity contribution in [3.63, 3.8) is 0 Å². The largest absolute Gasteiger partial charge is 0.340 e. The Morgan fingerprint density at radius 2 is 1.83 bits per heavy atom. The Morgan fingerprint density at radius 3 is 2.54 bits per heavy atom. The van der Waals surface area contributed by atoms with Gasteiger partial charge in [-0.3, -0.25) is 14.6 Å². The van der Waals surface area contributed by atoms with Crippen molar-refractivity contribution in [1.29, 1.82) is 0 Å². The quantitative estimate of drug-likeness (QED) is 0.940. The van der Waals surface area contributed by atoms with Crippen molar-refractivity contribution >= 4 is 17.5 Å². The van der Waals surface area contributed by atoms with E-state index in [4.69, 9.17) is 0 Å². The number of carbonyl (C=O) groups is 2. The van der Waals surface area contributed by atoms with Gasteiger partial charge in [0.1, 0.15) is 6.04 Å². The lowest BCUT2D eigenvalue weighted by molar-refractivity contribution is -0.121. The maximum atomic E-state index is 13.0. The van der Waals surface area contributed by atoms with Gasteiger partial charge in [0.05, 0.1) is 0 Å². The topological polar surface area (TPSA) is 62.3 Å². The highest BCUT2D eigenvalue weighted by atomic mass is 16.2. The summed E-state index contributed by atoms with van der Waals surface area (Å²) in [6.07, 6.45) is 3.99. The minimum atomic E-state index is -0.558. The van der Waals surface area contributed by atoms with Crippen LogP contribution in [0.3, 0.4) is 0 Å². The van der Waals surface area contributed by atoms with Gasteiger partial charge in [-0.1, -0.05) is 32.0 Å². The lowest BCUT2D eigenvalue weighted by atomic mass is 10.0. The first kappa shape index (κ1) is 16.2. The number of benzene rings is 1. The van der Waals surface area contributed by atoms with E-state index in [1.54, 1.807) is 29.4 Å². The number of fused-ring (bicyclic) bond motifs is 1. The molecule has 24 heavy (non-hydrogen) atoms. The Bertz CT molecular complexity index is 743. The van der Waals surface area contributed by atoms with Crippen LogP contribution in [0, 0.1) is 5.92 Å². The lowest BCUT2D eigenvalue weighted by Crippen LogP contribution is -2.51. The summed E-state index contributed by atoms with van der Waals surface area (Å²) >= 11 is 0. The first-order valence-electron chi connectivity index (χ1n) is 8.18. The highest BCUT2D eigenvalue weighted by Gasteiger charge is 2.32. The fourth-order valence-corrected chi connectivity index (χ4v) is 2.98. The molecule has 0 unspecified atom stereocenters. The van der Waals surface area contributed by atoms with Crippen LogP contribution in [-0.2, 0) is 11.2 Å². The molecule has 2 amide bonds. The number of aromatic nitrogens is 1. The molecular weight excluding hydrogens is 302 g/mol.